The molecule has 2 aliphatic rings. The lowest BCUT2D eigenvalue weighted by Crippen LogP contribution is -2.43. The largest absolute Gasteiger partial charge is 0.460 e. The van der Waals surface area contributed by atoms with Crippen molar-refractivity contribution in [3.8, 4) is 0 Å². The molecule has 3 heteroatoms. The number of rotatable bonds is 2. The summed E-state index contributed by atoms with van der Waals surface area (Å²) in [7, 11) is 0. The Kier molecular flexibility index (Phi) is 4.08. The first-order valence-corrected chi connectivity index (χ1v) is 7.04. The van der Waals surface area contributed by atoms with Crippen LogP contribution < -0.4 is 0 Å². The van der Waals surface area contributed by atoms with Crippen LogP contribution >= 0.6 is 0 Å². The van der Waals surface area contributed by atoms with Gasteiger partial charge in [-0.05, 0) is 57.3 Å². The van der Waals surface area contributed by atoms with E-state index in [-0.39, 0.29) is 12.1 Å². The Hall–Kier alpha value is -0.570. The van der Waals surface area contributed by atoms with Crippen LogP contribution in [0.5, 0.6) is 0 Å². The fraction of sp³-hybridized carbons (Fsp3) is 0.929. The van der Waals surface area contributed by atoms with Crippen LogP contribution in [0.25, 0.3) is 0 Å². The second-order valence-electron chi connectivity index (χ2n) is 5.88. The minimum Gasteiger partial charge on any atom is -0.460 e. The zero-order chi connectivity index (χ0) is 12.3. The molecule has 0 unspecified atom stereocenters. The Morgan fingerprint density at radius 2 is 1.71 bits per heavy atom. The van der Waals surface area contributed by atoms with Crippen molar-refractivity contribution in [3.05, 3.63) is 0 Å². The maximum Gasteiger partial charge on any atom is 0.338 e. The smallest absolute Gasteiger partial charge is 0.338 e. The molecule has 0 heterocycles. The lowest BCUT2D eigenvalue weighted by molar-refractivity contribution is -0.176. The molecule has 0 atom stereocenters. The fourth-order valence-corrected chi connectivity index (χ4v) is 2.95. The van der Waals surface area contributed by atoms with Crippen molar-refractivity contribution in [2.24, 2.45) is 5.92 Å². The van der Waals surface area contributed by atoms with E-state index in [0.29, 0.717) is 12.8 Å². The number of esters is 1. The lowest BCUT2D eigenvalue weighted by Gasteiger charge is -2.33. The van der Waals surface area contributed by atoms with Crippen molar-refractivity contribution in [2.45, 2.75) is 76.4 Å². The molecule has 3 nitrogen and oxygen atoms in total. The summed E-state index contributed by atoms with van der Waals surface area (Å²) < 4.78 is 5.49. The first kappa shape index (κ1) is 12.9. The summed E-state index contributed by atoms with van der Waals surface area (Å²) in [6.45, 7) is 2.24. The van der Waals surface area contributed by atoms with Gasteiger partial charge in [-0.3, -0.25) is 0 Å². The van der Waals surface area contributed by atoms with E-state index < -0.39 is 5.60 Å². The number of hydrogen-bond donors (Lipinski definition) is 1. The predicted octanol–water partition coefficient (Wildman–Crippen LogP) is 2.80. The molecule has 98 valence electrons. The highest BCUT2D eigenvalue weighted by atomic mass is 16.6. The maximum atomic E-state index is 12.0. The van der Waals surface area contributed by atoms with E-state index >= 15 is 0 Å². The van der Waals surface area contributed by atoms with Crippen molar-refractivity contribution >= 4 is 5.97 Å². The van der Waals surface area contributed by atoms with E-state index in [1.807, 2.05) is 0 Å². The standard InChI is InChI=1S/C14H24O3/c1-11-5-7-12(8-6-11)17-13(15)14(16)9-3-2-4-10-14/h11-12,16H,2-10H2,1H3. The SMILES string of the molecule is CC1CCC(OC(=O)C2(O)CCCCC2)CC1. The Bertz CT molecular complexity index is 261. The molecule has 17 heavy (non-hydrogen) atoms. The van der Waals surface area contributed by atoms with Crippen LogP contribution in [0.2, 0.25) is 0 Å². The molecule has 1 N–H and O–H groups in total. The summed E-state index contributed by atoms with van der Waals surface area (Å²) in [6, 6.07) is 0. The molecule has 0 amide bonds. The molecule has 0 aliphatic heterocycles. The summed E-state index contributed by atoms with van der Waals surface area (Å²) >= 11 is 0. The first-order valence-electron chi connectivity index (χ1n) is 7.04. The van der Waals surface area contributed by atoms with Crippen molar-refractivity contribution in [2.75, 3.05) is 0 Å². The topological polar surface area (TPSA) is 46.5 Å². The van der Waals surface area contributed by atoms with E-state index in [9.17, 15) is 9.90 Å². The molecule has 0 radical (unpaired) electrons. The zero-order valence-corrected chi connectivity index (χ0v) is 10.8. The second-order valence-corrected chi connectivity index (χ2v) is 5.88. The van der Waals surface area contributed by atoms with Crippen molar-refractivity contribution < 1.29 is 14.6 Å². The Balaban J connectivity index is 1.83. The number of carbonyl (C=O) groups is 1. The highest BCUT2D eigenvalue weighted by Crippen LogP contribution is 2.32. The number of aliphatic hydroxyl groups is 1. The van der Waals surface area contributed by atoms with Gasteiger partial charge in [0.2, 0.25) is 0 Å². The van der Waals surface area contributed by atoms with Gasteiger partial charge in [0.05, 0.1) is 0 Å². The van der Waals surface area contributed by atoms with Crippen molar-refractivity contribution in [1.82, 2.24) is 0 Å². The quantitative estimate of drug-likeness (QED) is 0.755. The molecule has 0 saturated heterocycles. The van der Waals surface area contributed by atoms with E-state index in [1.165, 1.54) is 0 Å². The van der Waals surface area contributed by atoms with E-state index in [0.717, 1.165) is 50.9 Å². The van der Waals surface area contributed by atoms with E-state index in [4.69, 9.17) is 4.74 Å². The van der Waals surface area contributed by atoms with Gasteiger partial charge in [0.25, 0.3) is 0 Å². The monoisotopic (exact) mass is 240 g/mol. The fourth-order valence-electron chi connectivity index (χ4n) is 2.95. The molecule has 2 rings (SSSR count). The van der Waals surface area contributed by atoms with Crippen LogP contribution in [-0.2, 0) is 9.53 Å². The minimum absolute atomic E-state index is 0.0460. The van der Waals surface area contributed by atoms with Gasteiger partial charge in [0.1, 0.15) is 6.10 Å². The molecule has 2 aliphatic carbocycles. The van der Waals surface area contributed by atoms with Gasteiger partial charge in [0.15, 0.2) is 5.60 Å². The molecule has 0 spiro atoms. The summed E-state index contributed by atoms with van der Waals surface area (Å²) in [5.74, 6) is 0.388. The molecule has 2 saturated carbocycles. The molecule has 2 fully saturated rings. The van der Waals surface area contributed by atoms with Crippen LogP contribution in [0.15, 0.2) is 0 Å². The van der Waals surface area contributed by atoms with Gasteiger partial charge in [0, 0.05) is 0 Å². The van der Waals surface area contributed by atoms with Gasteiger partial charge in [-0.2, -0.15) is 0 Å². The minimum atomic E-state index is -1.18. The van der Waals surface area contributed by atoms with Crippen molar-refractivity contribution in [3.63, 3.8) is 0 Å². The summed E-state index contributed by atoms with van der Waals surface area (Å²) in [5.41, 5.74) is -1.18. The average molecular weight is 240 g/mol. The van der Waals surface area contributed by atoms with E-state index in [1.54, 1.807) is 0 Å². The maximum absolute atomic E-state index is 12.0. The molecule has 0 aromatic heterocycles. The molecule has 0 bridgehead atoms. The zero-order valence-electron chi connectivity index (χ0n) is 10.8. The van der Waals surface area contributed by atoms with Gasteiger partial charge in [-0.25, -0.2) is 4.79 Å². The Morgan fingerprint density at radius 3 is 2.29 bits per heavy atom. The molecular weight excluding hydrogens is 216 g/mol. The third-order valence-corrected chi connectivity index (χ3v) is 4.30. The average Bonchev–Trinajstić information content (AvgIpc) is 2.33. The van der Waals surface area contributed by atoms with Gasteiger partial charge in [-0.15, -0.1) is 0 Å². The molecular formula is C14H24O3. The Labute approximate surface area is 104 Å². The third-order valence-electron chi connectivity index (χ3n) is 4.30. The predicted molar refractivity (Wildman–Crippen MR) is 65.5 cm³/mol. The summed E-state index contributed by atoms with van der Waals surface area (Å²) in [5, 5.41) is 10.2. The van der Waals surface area contributed by atoms with Gasteiger partial charge >= 0.3 is 5.97 Å². The van der Waals surface area contributed by atoms with Crippen LogP contribution in [-0.4, -0.2) is 22.8 Å². The molecule has 0 aromatic carbocycles. The highest BCUT2D eigenvalue weighted by molar-refractivity contribution is 5.79. The highest BCUT2D eigenvalue weighted by Gasteiger charge is 2.40. The van der Waals surface area contributed by atoms with Gasteiger partial charge in [-0.1, -0.05) is 13.3 Å². The third kappa shape index (κ3) is 3.21. The first-order chi connectivity index (χ1) is 8.10. The van der Waals surface area contributed by atoms with E-state index in [2.05, 4.69) is 6.92 Å². The van der Waals surface area contributed by atoms with Crippen molar-refractivity contribution in [1.29, 1.82) is 0 Å². The molecule has 0 aromatic rings. The lowest BCUT2D eigenvalue weighted by atomic mass is 9.84. The summed E-state index contributed by atoms with van der Waals surface area (Å²) in [6.07, 6.45) is 8.39. The second kappa shape index (κ2) is 5.38. The Morgan fingerprint density at radius 1 is 1.12 bits per heavy atom. The van der Waals surface area contributed by atoms with Crippen LogP contribution in [0.1, 0.15) is 64.7 Å². The number of ether oxygens (including phenoxy) is 1. The number of hydrogen-bond acceptors (Lipinski definition) is 3. The normalized spacial score (nSPS) is 33.1. The van der Waals surface area contributed by atoms with Crippen LogP contribution in [0.4, 0.5) is 0 Å². The van der Waals surface area contributed by atoms with Crippen LogP contribution in [0, 0.1) is 5.92 Å². The summed E-state index contributed by atoms with van der Waals surface area (Å²) in [4.78, 5) is 12.0. The van der Waals surface area contributed by atoms with Crippen LogP contribution in [0.3, 0.4) is 0 Å². The van der Waals surface area contributed by atoms with Gasteiger partial charge < -0.3 is 9.84 Å². The number of carbonyl (C=O) groups excluding carboxylic acids is 1.